The van der Waals surface area contributed by atoms with E-state index >= 15 is 0 Å². The van der Waals surface area contributed by atoms with Crippen molar-refractivity contribution in [2.75, 3.05) is 13.2 Å². The first-order chi connectivity index (χ1) is 5.66. The summed E-state index contributed by atoms with van der Waals surface area (Å²) in [6.45, 7) is 5.44. The number of nitrogens with one attached hydrogen (secondary N) is 1. The first kappa shape index (κ1) is 9.52. The van der Waals surface area contributed by atoms with Gasteiger partial charge < -0.3 is 10.1 Å². The molecule has 0 radical (unpaired) electrons. The van der Waals surface area contributed by atoms with Gasteiger partial charge in [-0.05, 0) is 26.7 Å². The Labute approximate surface area is 73.5 Å². The zero-order valence-electron chi connectivity index (χ0n) is 7.85. The van der Waals surface area contributed by atoms with Gasteiger partial charge >= 0.3 is 0 Å². The molecule has 1 aliphatic rings. The molecule has 0 saturated carbocycles. The number of hydrogen-bond donors (Lipinski definition) is 1. The van der Waals surface area contributed by atoms with Crippen LogP contribution in [0.25, 0.3) is 0 Å². The van der Waals surface area contributed by atoms with Crippen LogP contribution < -0.4 is 5.32 Å². The average Bonchev–Trinajstić information content (AvgIpc) is 2.36. The molecule has 1 fully saturated rings. The molecule has 1 atom stereocenters. The van der Waals surface area contributed by atoms with E-state index in [4.69, 9.17) is 4.74 Å². The van der Waals surface area contributed by atoms with Crippen molar-refractivity contribution in [1.29, 1.82) is 0 Å². The quantitative estimate of drug-likeness (QED) is 0.690. The van der Waals surface area contributed by atoms with E-state index in [0.29, 0.717) is 13.0 Å². The van der Waals surface area contributed by atoms with Crippen LogP contribution in [0, 0.1) is 0 Å². The fraction of sp³-hybridized carbons (Fsp3) is 0.889. The van der Waals surface area contributed by atoms with Crippen LogP contribution in [0.3, 0.4) is 0 Å². The number of amides is 1. The fourth-order valence-electron chi connectivity index (χ4n) is 1.58. The Morgan fingerprint density at radius 3 is 2.92 bits per heavy atom. The Balaban J connectivity index is 2.33. The summed E-state index contributed by atoms with van der Waals surface area (Å²) in [5.74, 6) is 0.0990. The molecule has 1 aliphatic heterocycles. The van der Waals surface area contributed by atoms with Gasteiger partial charge in [0.2, 0.25) is 5.91 Å². The predicted molar refractivity (Wildman–Crippen MR) is 46.9 cm³/mol. The van der Waals surface area contributed by atoms with Gasteiger partial charge in [0.05, 0.1) is 12.0 Å². The SMILES string of the molecule is CCNC(=O)CC1(C)CCCO1. The molecular formula is C9H17NO2. The van der Waals surface area contributed by atoms with Crippen molar-refractivity contribution in [1.82, 2.24) is 5.32 Å². The first-order valence-corrected chi connectivity index (χ1v) is 4.57. The monoisotopic (exact) mass is 171 g/mol. The number of hydrogen-bond acceptors (Lipinski definition) is 2. The first-order valence-electron chi connectivity index (χ1n) is 4.57. The lowest BCUT2D eigenvalue weighted by atomic mass is 9.98. The van der Waals surface area contributed by atoms with Gasteiger partial charge in [-0.3, -0.25) is 4.79 Å². The molecule has 3 heteroatoms. The maximum atomic E-state index is 11.2. The van der Waals surface area contributed by atoms with Crippen molar-refractivity contribution in [3.05, 3.63) is 0 Å². The van der Waals surface area contributed by atoms with Crippen LogP contribution in [0.15, 0.2) is 0 Å². The molecular weight excluding hydrogens is 154 g/mol. The predicted octanol–water partition coefficient (Wildman–Crippen LogP) is 1.08. The summed E-state index contributed by atoms with van der Waals surface area (Å²) in [4.78, 5) is 11.2. The molecule has 0 aliphatic carbocycles. The zero-order chi connectivity index (χ0) is 9.03. The highest BCUT2D eigenvalue weighted by Gasteiger charge is 2.31. The lowest BCUT2D eigenvalue weighted by Gasteiger charge is -2.21. The summed E-state index contributed by atoms with van der Waals surface area (Å²) in [7, 11) is 0. The summed E-state index contributed by atoms with van der Waals surface area (Å²) in [6, 6.07) is 0. The van der Waals surface area contributed by atoms with Crippen LogP contribution in [-0.4, -0.2) is 24.7 Å². The van der Waals surface area contributed by atoms with E-state index in [1.54, 1.807) is 0 Å². The van der Waals surface area contributed by atoms with Crippen molar-refractivity contribution >= 4 is 5.91 Å². The molecule has 1 N–H and O–H groups in total. The second kappa shape index (κ2) is 3.90. The fourth-order valence-corrected chi connectivity index (χ4v) is 1.58. The van der Waals surface area contributed by atoms with Crippen molar-refractivity contribution in [2.45, 2.75) is 38.7 Å². The Morgan fingerprint density at radius 2 is 2.42 bits per heavy atom. The standard InChI is InChI=1S/C9H17NO2/c1-3-10-8(11)7-9(2)5-4-6-12-9/h3-7H2,1-2H3,(H,10,11). The molecule has 1 unspecified atom stereocenters. The van der Waals surface area contributed by atoms with Crippen LogP contribution in [-0.2, 0) is 9.53 Å². The van der Waals surface area contributed by atoms with Crippen molar-refractivity contribution in [3.63, 3.8) is 0 Å². The van der Waals surface area contributed by atoms with Crippen LogP contribution >= 0.6 is 0 Å². The van der Waals surface area contributed by atoms with Gasteiger partial charge in [-0.1, -0.05) is 0 Å². The minimum Gasteiger partial charge on any atom is -0.375 e. The largest absolute Gasteiger partial charge is 0.375 e. The Bertz CT molecular complexity index is 162. The molecule has 1 heterocycles. The molecule has 3 nitrogen and oxygen atoms in total. The highest BCUT2D eigenvalue weighted by atomic mass is 16.5. The summed E-state index contributed by atoms with van der Waals surface area (Å²) < 4.78 is 5.50. The van der Waals surface area contributed by atoms with Gasteiger partial charge in [0, 0.05) is 13.2 Å². The lowest BCUT2D eigenvalue weighted by molar-refractivity contribution is -0.126. The normalized spacial score (nSPS) is 28.8. The van der Waals surface area contributed by atoms with E-state index in [2.05, 4.69) is 5.32 Å². The van der Waals surface area contributed by atoms with Crippen molar-refractivity contribution in [2.24, 2.45) is 0 Å². The van der Waals surface area contributed by atoms with E-state index in [-0.39, 0.29) is 11.5 Å². The third-order valence-corrected chi connectivity index (χ3v) is 2.21. The third kappa shape index (κ3) is 2.48. The number of ether oxygens (including phenoxy) is 1. The van der Waals surface area contributed by atoms with Crippen LogP contribution in [0.4, 0.5) is 0 Å². The molecule has 1 rings (SSSR count). The van der Waals surface area contributed by atoms with Gasteiger partial charge in [-0.15, -0.1) is 0 Å². The Kier molecular flexibility index (Phi) is 3.09. The minimum atomic E-state index is -0.195. The van der Waals surface area contributed by atoms with Gasteiger partial charge in [0.15, 0.2) is 0 Å². The maximum Gasteiger partial charge on any atom is 0.222 e. The molecule has 0 spiro atoms. The van der Waals surface area contributed by atoms with Crippen molar-refractivity contribution < 1.29 is 9.53 Å². The summed E-state index contributed by atoms with van der Waals surface area (Å²) in [5.41, 5.74) is -0.195. The smallest absolute Gasteiger partial charge is 0.222 e. The summed E-state index contributed by atoms with van der Waals surface area (Å²) in [5, 5.41) is 2.78. The van der Waals surface area contributed by atoms with E-state index in [1.165, 1.54) is 0 Å². The maximum absolute atomic E-state index is 11.2. The Hall–Kier alpha value is -0.570. The highest BCUT2D eigenvalue weighted by molar-refractivity contribution is 5.76. The number of carbonyl (C=O) groups excluding carboxylic acids is 1. The number of carbonyl (C=O) groups is 1. The third-order valence-electron chi connectivity index (χ3n) is 2.21. The van der Waals surface area contributed by atoms with Gasteiger partial charge in [0.25, 0.3) is 0 Å². The molecule has 1 saturated heterocycles. The molecule has 12 heavy (non-hydrogen) atoms. The zero-order valence-corrected chi connectivity index (χ0v) is 7.85. The van der Waals surface area contributed by atoms with Gasteiger partial charge in [0.1, 0.15) is 0 Å². The lowest BCUT2D eigenvalue weighted by Crippen LogP contribution is -2.33. The van der Waals surface area contributed by atoms with Crippen LogP contribution in [0.5, 0.6) is 0 Å². The number of rotatable bonds is 3. The topological polar surface area (TPSA) is 38.3 Å². The molecule has 0 aromatic rings. The van der Waals surface area contributed by atoms with E-state index in [1.807, 2.05) is 13.8 Å². The molecule has 0 bridgehead atoms. The molecule has 0 aromatic heterocycles. The second-order valence-corrected chi connectivity index (χ2v) is 3.53. The molecule has 70 valence electrons. The Morgan fingerprint density at radius 1 is 1.67 bits per heavy atom. The minimum absolute atomic E-state index is 0.0990. The van der Waals surface area contributed by atoms with E-state index in [9.17, 15) is 4.79 Å². The molecule has 1 amide bonds. The average molecular weight is 171 g/mol. The second-order valence-electron chi connectivity index (χ2n) is 3.53. The van der Waals surface area contributed by atoms with Crippen LogP contribution in [0.1, 0.15) is 33.1 Å². The van der Waals surface area contributed by atoms with Gasteiger partial charge in [-0.2, -0.15) is 0 Å². The highest BCUT2D eigenvalue weighted by Crippen LogP contribution is 2.27. The molecule has 0 aromatic carbocycles. The van der Waals surface area contributed by atoms with Crippen molar-refractivity contribution in [3.8, 4) is 0 Å². The van der Waals surface area contributed by atoms with Gasteiger partial charge in [-0.25, -0.2) is 0 Å². The summed E-state index contributed by atoms with van der Waals surface area (Å²) >= 11 is 0. The van der Waals surface area contributed by atoms with E-state index in [0.717, 1.165) is 19.4 Å². The van der Waals surface area contributed by atoms with Crippen LogP contribution in [0.2, 0.25) is 0 Å². The van der Waals surface area contributed by atoms with E-state index < -0.39 is 0 Å². The summed E-state index contributed by atoms with van der Waals surface area (Å²) in [6.07, 6.45) is 2.58.